The zero-order valence-electron chi connectivity index (χ0n) is 19.2. The van der Waals surface area contributed by atoms with Crippen LogP contribution in [-0.4, -0.2) is 69.5 Å². The number of aromatic nitrogens is 5. The van der Waals surface area contributed by atoms with Crippen molar-refractivity contribution in [1.29, 1.82) is 0 Å². The summed E-state index contributed by atoms with van der Waals surface area (Å²) in [6, 6.07) is 9.92. The fraction of sp³-hybridized carbons (Fsp3) is 0.261. The molecule has 3 aromatic heterocycles. The molecule has 0 spiro atoms. The number of halogens is 1. The lowest BCUT2D eigenvalue weighted by Gasteiger charge is -2.31. The van der Waals surface area contributed by atoms with Gasteiger partial charge in [0.1, 0.15) is 23.6 Å². The molecular formula is C23H22IN7O4S. The minimum absolute atomic E-state index is 0.111. The molecule has 4 heterocycles. The van der Waals surface area contributed by atoms with Gasteiger partial charge in [-0.15, -0.1) is 0 Å². The van der Waals surface area contributed by atoms with E-state index in [1.54, 1.807) is 34.1 Å². The molecule has 0 saturated carbocycles. The number of pyridine rings is 1. The van der Waals surface area contributed by atoms with Crippen LogP contribution in [0.1, 0.15) is 12.8 Å². The third-order valence-electron chi connectivity index (χ3n) is 5.80. The number of hydrogen-bond donors (Lipinski definition) is 1. The summed E-state index contributed by atoms with van der Waals surface area (Å²) in [6.07, 6.45) is 7.07. The summed E-state index contributed by atoms with van der Waals surface area (Å²) in [6.45, 7) is 1.08. The number of rotatable bonds is 5. The molecule has 186 valence electrons. The highest BCUT2D eigenvalue weighted by Gasteiger charge is 2.25. The molecule has 5 rings (SSSR count). The van der Waals surface area contributed by atoms with Crippen molar-refractivity contribution in [3.8, 4) is 11.6 Å². The van der Waals surface area contributed by atoms with Gasteiger partial charge >= 0.3 is 6.03 Å². The van der Waals surface area contributed by atoms with Gasteiger partial charge in [0, 0.05) is 42.0 Å². The second-order valence-electron chi connectivity index (χ2n) is 8.33. The standard InChI is InChI=1S/C23H22IN7O4S/c1-36(33,34)18-4-2-16(3-5-18)31-21-19(13-28-31)22(27-14-26-21)35-17-7-10-30(11-8-17)23(32)29-20-12-15(24)6-9-25-20/h2-6,9,12-14,17H,7-8,10-11H2,1H3,(H,25,29,32). The maximum atomic E-state index is 12.6. The quantitative estimate of drug-likeness (QED) is 0.337. The van der Waals surface area contributed by atoms with Crippen molar-refractivity contribution in [1.82, 2.24) is 29.6 Å². The third kappa shape index (κ3) is 5.26. The van der Waals surface area contributed by atoms with Crippen LogP contribution in [0.4, 0.5) is 10.6 Å². The number of carbonyl (C=O) groups is 1. The maximum absolute atomic E-state index is 12.6. The number of carbonyl (C=O) groups excluding carboxylic acids is 1. The van der Waals surface area contributed by atoms with Crippen molar-refractivity contribution in [2.75, 3.05) is 24.7 Å². The Kier molecular flexibility index (Phi) is 6.75. The highest BCUT2D eigenvalue weighted by atomic mass is 127. The average Bonchev–Trinajstić information content (AvgIpc) is 3.29. The molecule has 1 N–H and O–H groups in total. The van der Waals surface area contributed by atoms with Gasteiger partial charge in [0.05, 0.1) is 16.8 Å². The number of benzene rings is 1. The summed E-state index contributed by atoms with van der Waals surface area (Å²) in [5.41, 5.74) is 1.22. The van der Waals surface area contributed by atoms with Crippen molar-refractivity contribution < 1.29 is 17.9 Å². The number of sulfone groups is 1. The molecule has 13 heteroatoms. The van der Waals surface area contributed by atoms with Gasteiger partial charge in [-0.3, -0.25) is 5.32 Å². The molecule has 1 fully saturated rings. The normalized spacial score (nSPS) is 14.7. The van der Waals surface area contributed by atoms with Crippen LogP contribution in [0.25, 0.3) is 16.7 Å². The van der Waals surface area contributed by atoms with E-state index in [-0.39, 0.29) is 17.0 Å². The van der Waals surface area contributed by atoms with Crippen LogP contribution >= 0.6 is 22.6 Å². The van der Waals surface area contributed by atoms with E-state index in [9.17, 15) is 13.2 Å². The van der Waals surface area contributed by atoms with E-state index >= 15 is 0 Å². The van der Waals surface area contributed by atoms with E-state index in [1.165, 1.54) is 24.7 Å². The maximum Gasteiger partial charge on any atom is 0.323 e. The molecule has 1 aliphatic heterocycles. The Balaban J connectivity index is 1.25. The molecule has 11 nitrogen and oxygen atoms in total. The lowest BCUT2D eigenvalue weighted by molar-refractivity contribution is 0.113. The van der Waals surface area contributed by atoms with Crippen LogP contribution < -0.4 is 10.1 Å². The van der Waals surface area contributed by atoms with Gasteiger partial charge in [-0.05, 0) is 59.0 Å². The molecule has 1 aliphatic rings. The summed E-state index contributed by atoms with van der Waals surface area (Å²) in [4.78, 5) is 27.4. The topological polar surface area (TPSA) is 132 Å². The van der Waals surface area contributed by atoms with Crippen molar-refractivity contribution in [3.63, 3.8) is 0 Å². The second kappa shape index (κ2) is 9.97. The summed E-state index contributed by atoms with van der Waals surface area (Å²) in [5, 5.41) is 7.89. The SMILES string of the molecule is CS(=O)(=O)c1ccc(-n2ncc3c(OC4CCN(C(=O)Nc5cc(I)ccn5)CC4)ncnc32)cc1. The van der Waals surface area contributed by atoms with Crippen LogP contribution in [0.5, 0.6) is 5.88 Å². The number of nitrogens with one attached hydrogen (secondary N) is 1. The fourth-order valence-corrected chi connectivity index (χ4v) is 5.02. The van der Waals surface area contributed by atoms with Crippen molar-refractivity contribution in [2.24, 2.45) is 0 Å². The zero-order valence-corrected chi connectivity index (χ0v) is 22.2. The van der Waals surface area contributed by atoms with Crippen LogP contribution in [0.3, 0.4) is 0 Å². The number of amides is 2. The first-order valence-corrected chi connectivity index (χ1v) is 14.1. The number of hydrogen-bond acceptors (Lipinski definition) is 8. The van der Waals surface area contributed by atoms with Gasteiger partial charge in [0.2, 0.25) is 5.88 Å². The highest BCUT2D eigenvalue weighted by molar-refractivity contribution is 14.1. The van der Waals surface area contributed by atoms with E-state index < -0.39 is 9.84 Å². The molecular weight excluding hydrogens is 597 g/mol. The predicted octanol–water partition coefficient (Wildman–Crippen LogP) is 3.29. The number of fused-ring (bicyclic) bond motifs is 1. The number of nitrogens with zero attached hydrogens (tertiary/aromatic N) is 6. The number of piperidine rings is 1. The largest absolute Gasteiger partial charge is 0.474 e. The summed E-state index contributed by atoms with van der Waals surface area (Å²) in [5.74, 6) is 0.946. The monoisotopic (exact) mass is 619 g/mol. The number of urea groups is 1. The Morgan fingerprint density at radius 3 is 2.56 bits per heavy atom. The van der Waals surface area contributed by atoms with E-state index in [0.29, 0.717) is 54.3 Å². The minimum atomic E-state index is -3.29. The van der Waals surface area contributed by atoms with Crippen LogP contribution in [0, 0.1) is 3.57 Å². The molecule has 1 saturated heterocycles. The molecule has 4 aromatic rings. The molecule has 0 radical (unpaired) electrons. The van der Waals surface area contributed by atoms with E-state index in [1.807, 2.05) is 12.1 Å². The van der Waals surface area contributed by atoms with Crippen LogP contribution in [0.2, 0.25) is 0 Å². The number of likely N-dealkylation sites (tertiary alicyclic amines) is 1. The smallest absolute Gasteiger partial charge is 0.323 e. The van der Waals surface area contributed by atoms with Gasteiger partial charge in [0.25, 0.3) is 0 Å². The van der Waals surface area contributed by atoms with Gasteiger partial charge in [0.15, 0.2) is 15.5 Å². The van der Waals surface area contributed by atoms with Crippen molar-refractivity contribution in [3.05, 3.63) is 58.7 Å². The van der Waals surface area contributed by atoms with Gasteiger partial charge in [-0.25, -0.2) is 32.8 Å². The highest BCUT2D eigenvalue weighted by Crippen LogP contribution is 2.26. The van der Waals surface area contributed by atoms with E-state index in [2.05, 4.69) is 48.0 Å². The Morgan fingerprint density at radius 1 is 1.11 bits per heavy atom. The summed E-state index contributed by atoms with van der Waals surface area (Å²) in [7, 11) is -3.29. The minimum Gasteiger partial charge on any atom is -0.474 e. The zero-order chi connectivity index (χ0) is 25.3. The van der Waals surface area contributed by atoms with Gasteiger partial charge < -0.3 is 9.64 Å². The van der Waals surface area contributed by atoms with Gasteiger partial charge in [-0.2, -0.15) is 5.10 Å². The number of ether oxygens (including phenoxy) is 1. The Labute approximate surface area is 221 Å². The van der Waals surface area contributed by atoms with Crippen molar-refractivity contribution in [2.45, 2.75) is 23.8 Å². The van der Waals surface area contributed by atoms with Crippen LogP contribution in [-0.2, 0) is 9.84 Å². The first-order valence-electron chi connectivity index (χ1n) is 11.1. The van der Waals surface area contributed by atoms with E-state index in [4.69, 9.17) is 4.74 Å². The average molecular weight is 619 g/mol. The summed E-state index contributed by atoms with van der Waals surface area (Å²) >= 11 is 2.17. The molecule has 0 atom stereocenters. The lowest BCUT2D eigenvalue weighted by Crippen LogP contribution is -2.43. The molecule has 36 heavy (non-hydrogen) atoms. The van der Waals surface area contributed by atoms with Crippen LogP contribution in [0.15, 0.2) is 60.0 Å². The molecule has 2 amide bonds. The third-order valence-corrected chi connectivity index (χ3v) is 7.60. The molecule has 0 aliphatic carbocycles. The Hall–Kier alpha value is -3.33. The molecule has 0 bridgehead atoms. The first-order chi connectivity index (χ1) is 17.3. The Bertz CT molecular complexity index is 1520. The number of anilines is 1. The Morgan fingerprint density at radius 2 is 1.86 bits per heavy atom. The lowest BCUT2D eigenvalue weighted by atomic mass is 10.1. The molecule has 1 aromatic carbocycles. The predicted molar refractivity (Wildman–Crippen MR) is 141 cm³/mol. The molecule has 0 unspecified atom stereocenters. The second-order valence-corrected chi connectivity index (χ2v) is 11.6. The van der Waals surface area contributed by atoms with Crippen molar-refractivity contribution >= 4 is 55.3 Å². The first kappa shape index (κ1) is 24.4. The van der Waals surface area contributed by atoms with Gasteiger partial charge in [-0.1, -0.05) is 0 Å². The fourth-order valence-electron chi connectivity index (χ4n) is 3.94. The summed E-state index contributed by atoms with van der Waals surface area (Å²) < 4.78 is 32.3. The van der Waals surface area contributed by atoms with E-state index in [0.717, 1.165) is 3.57 Å².